The molecule has 0 aliphatic carbocycles. The van der Waals surface area contributed by atoms with Crippen molar-refractivity contribution in [2.45, 2.75) is 25.7 Å². The maximum atomic E-state index is 12.0. The number of rotatable bonds is 4. The van der Waals surface area contributed by atoms with E-state index in [1.807, 2.05) is 0 Å². The second kappa shape index (κ2) is 5.25. The van der Waals surface area contributed by atoms with Gasteiger partial charge in [0.05, 0.1) is 6.54 Å². The minimum atomic E-state index is -3.75. The van der Waals surface area contributed by atoms with E-state index in [1.165, 1.54) is 13.8 Å². The third kappa shape index (κ3) is 2.72. The molecule has 0 aromatic carbocycles. The summed E-state index contributed by atoms with van der Waals surface area (Å²) in [5.41, 5.74) is 0.369. The van der Waals surface area contributed by atoms with Crippen LogP contribution in [0.3, 0.4) is 0 Å². The SMILES string of the molecule is CC#CCNS(=O)(=O)c1c(C)[nH]c(C(=O)O)c1C. The van der Waals surface area contributed by atoms with Gasteiger partial charge in [0.25, 0.3) is 0 Å². The summed E-state index contributed by atoms with van der Waals surface area (Å²) >= 11 is 0. The van der Waals surface area contributed by atoms with Crippen LogP contribution in [0.15, 0.2) is 4.90 Å². The Hall–Kier alpha value is -1.78. The maximum Gasteiger partial charge on any atom is 0.352 e. The Kier molecular flexibility index (Phi) is 4.16. The Balaban J connectivity index is 3.23. The summed E-state index contributed by atoms with van der Waals surface area (Å²) < 4.78 is 26.3. The Bertz CT molecular complexity index is 632. The molecule has 98 valence electrons. The van der Waals surface area contributed by atoms with Gasteiger partial charge in [-0.3, -0.25) is 0 Å². The lowest BCUT2D eigenvalue weighted by atomic mass is 10.2. The van der Waals surface area contributed by atoms with E-state index in [0.717, 1.165) is 0 Å². The first kappa shape index (κ1) is 14.3. The molecule has 0 fully saturated rings. The highest BCUT2D eigenvalue weighted by molar-refractivity contribution is 7.89. The van der Waals surface area contributed by atoms with Gasteiger partial charge in [-0.2, -0.15) is 4.72 Å². The first-order valence-corrected chi connectivity index (χ1v) is 6.61. The molecule has 0 spiro atoms. The highest BCUT2D eigenvalue weighted by Crippen LogP contribution is 2.22. The number of aromatic nitrogens is 1. The quantitative estimate of drug-likeness (QED) is 0.699. The fourth-order valence-electron chi connectivity index (χ4n) is 1.64. The molecule has 0 amide bonds. The lowest BCUT2D eigenvalue weighted by Crippen LogP contribution is -2.25. The predicted octanol–water partition coefficient (Wildman–Crippen LogP) is 0.631. The van der Waals surface area contributed by atoms with Crippen molar-refractivity contribution in [3.63, 3.8) is 0 Å². The van der Waals surface area contributed by atoms with Gasteiger partial charge < -0.3 is 10.1 Å². The summed E-state index contributed by atoms with van der Waals surface area (Å²) in [6.45, 7) is 4.56. The first-order chi connectivity index (χ1) is 8.31. The summed E-state index contributed by atoms with van der Waals surface area (Å²) in [7, 11) is -3.75. The zero-order valence-corrected chi connectivity index (χ0v) is 11.1. The largest absolute Gasteiger partial charge is 0.477 e. The molecule has 1 aromatic rings. The second-order valence-corrected chi connectivity index (χ2v) is 5.34. The molecular formula is C11H14N2O4S. The topological polar surface area (TPSA) is 99.3 Å². The lowest BCUT2D eigenvalue weighted by molar-refractivity contribution is 0.0690. The van der Waals surface area contributed by atoms with Crippen LogP contribution in [0.4, 0.5) is 0 Å². The molecule has 0 unspecified atom stereocenters. The molecule has 0 bridgehead atoms. The smallest absolute Gasteiger partial charge is 0.352 e. The van der Waals surface area contributed by atoms with Crippen LogP contribution in [-0.4, -0.2) is 31.0 Å². The van der Waals surface area contributed by atoms with Gasteiger partial charge in [0.1, 0.15) is 10.6 Å². The predicted molar refractivity (Wildman–Crippen MR) is 65.9 cm³/mol. The van der Waals surface area contributed by atoms with Crippen LogP contribution in [0.1, 0.15) is 28.7 Å². The van der Waals surface area contributed by atoms with Crippen LogP contribution in [0.25, 0.3) is 0 Å². The van der Waals surface area contributed by atoms with E-state index >= 15 is 0 Å². The number of nitrogens with one attached hydrogen (secondary N) is 2. The number of hydrogen-bond donors (Lipinski definition) is 3. The summed E-state index contributed by atoms with van der Waals surface area (Å²) in [4.78, 5) is 13.4. The number of carboxylic acid groups (broad SMARTS) is 1. The Morgan fingerprint density at radius 3 is 2.50 bits per heavy atom. The number of carbonyl (C=O) groups is 1. The summed E-state index contributed by atoms with van der Waals surface area (Å²) in [5.74, 6) is 3.95. The van der Waals surface area contributed by atoms with Crippen LogP contribution in [0.2, 0.25) is 0 Å². The van der Waals surface area contributed by atoms with Gasteiger partial charge in [0, 0.05) is 11.3 Å². The molecule has 0 radical (unpaired) electrons. The highest BCUT2D eigenvalue weighted by atomic mass is 32.2. The standard InChI is InChI=1S/C11H14N2O4S/c1-4-5-6-12-18(16,17)10-7(2)9(11(14)15)13-8(10)3/h12-13H,6H2,1-3H3,(H,14,15). The van der Waals surface area contributed by atoms with Gasteiger partial charge >= 0.3 is 5.97 Å². The lowest BCUT2D eigenvalue weighted by Gasteiger charge is -2.04. The molecule has 18 heavy (non-hydrogen) atoms. The molecule has 1 heterocycles. The highest BCUT2D eigenvalue weighted by Gasteiger charge is 2.25. The van der Waals surface area contributed by atoms with Crippen molar-refractivity contribution in [3.05, 3.63) is 17.0 Å². The molecule has 0 atom stereocenters. The van der Waals surface area contributed by atoms with Gasteiger partial charge in [-0.25, -0.2) is 13.2 Å². The van der Waals surface area contributed by atoms with Crippen molar-refractivity contribution in [2.24, 2.45) is 0 Å². The fourth-order valence-corrected chi connectivity index (χ4v) is 3.01. The average molecular weight is 270 g/mol. The molecule has 1 aromatic heterocycles. The summed E-state index contributed by atoms with van der Waals surface area (Å²) in [6.07, 6.45) is 0. The van der Waals surface area contributed by atoms with Crippen molar-refractivity contribution in [2.75, 3.05) is 6.54 Å². The Morgan fingerprint density at radius 2 is 2.06 bits per heavy atom. The number of hydrogen-bond acceptors (Lipinski definition) is 3. The molecule has 0 saturated carbocycles. The minimum Gasteiger partial charge on any atom is -0.477 e. The second-order valence-electron chi connectivity index (χ2n) is 3.64. The minimum absolute atomic E-state index is 0.00863. The van der Waals surface area contributed by atoms with Crippen molar-refractivity contribution in [1.29, 1.82) is 0 Å². The van der Waals surface area contributed by atoms with Crippen LogP contribution in [0.5, 0.6) is 0 Å². The van der Waals surface area contributed by atoms with Gasteiger partial charge in [-0.05, 0) is 20.8 Å². The van der Waals surface area contributed by atoms with E-state index in [1.54, 1.807) is 6.92 Å². The van der Waals surface area contributed by atoms with E-state index in [2.05, 4.69) is 21.5 Å². The molecular weight excluding hydrogens is 256 g/mol. The number of carboxylic acids is 1. The van der Waals surface area contributed by atoms with E-state index < -0.39 is 16.0 Å². The fraction of sp³-hybridized carbons (Fsp3) is 0.364. The van der Waals surface area contributed by atoms with Crippen molar-refractivity contribution in [1.82, 2.24) is 9.71 Å². The summed E-state index contributed by atoms with van der Waals surface area (Å²) in [6, 6.07) is 0. The zero-order chi connectivity index (χ0) is 13.9. The monoisotopic (exact) mass is 270 g/mol. The number of aromatic carboxylic acids is 1. The number of aryl methyl sites for hydroxylation is 1. The normalized spacial score (nSPS) is 10.8. The maximum absolute atomic E-state index is 12.0. The number of sulfonamides is 1. The molecule has 0 saturated heterocycles. The van der Waals surface area contributed by atoms with Crippen LogP contribution in [0, 0.1) is 25.7 Å². The van der Waals surface area contributed by atoms with Crippen molar-refractivity contribution < 1.29 is 18.3 Å². The van der Waals surface area contributed by atoms with E-state index in [-0.39, 0.29) is 22.7 Å². The van der Waals surface area contributed by atoms with Crippen LogP contribution < -0.4 is 4.72 Å². The Labute approximate surface area is 105 Å². The van der Waals surface area contributed by atoms with Gasteiger partial charge in [0.15, 0.2) is 0 Å². The average Bonchev–Trinajstić information content (AvgIpc) is 2.55. The molecule has 6 nitrogen and oxygen atoms in total. The number of aromatic amines is 1. The third-order valence-corrected chi connectivity index (χ3v) is 4.05. The van der Waals surface area contributed by atoms with Gasteiger partial charge in [-0.15, -0.1) is 5.92 Å². The van der Waals surface area contributed by atoms with Gasteiger partial charge in [0.2, 0.25) is 10.0 Å². The molecule has 3 N–H and O–H groups in total. The van der Waals surface area contributed by atoms with E-state index in [4.69, 9.17) is 5.11 Å². The summed E-state index contributed by atoms with van der Waals surface area (Å²) in [5, 5.41) is 8.91. The molecule has 7 heteroatoms. The van der Waals surface area contributed by atoms with Crippen LogP contribution in [-0.2, 0) is 10.0 Å². The molecule has 0 aliphatic heterocycles. The number of H-pyrrole nitrogens is 1. The zero-order valence-electron chi connectivity index (χ0n) is 10.3. The van der Waals surface area contributed by atoms with E-state index in [9.17, 15) is 13.2 Å². The van der Waals surface area contributed by atoms with Gasteiger partial charge in [-0.1, -0.05) is 5.92 Å². The van der Waals surface area contributed by atoms with Crippen LogP contribution >= 0.6 is 0 Å². The van der Waals surface area contributed by atoms with Crippen molar-refractivity contribution >= 4 is 16.0 Å². The molecule has 1 rings (SSSR count). The third-order valence-electron chi connectivity index (χ3n) is 2.38. The molecule has 0 aliphatic rings. The van der Waals surface area contributed by atoms with E-state index in [0.29, 0.717) is 5.69 Å². The Morgan fingerprint density at radius 1 is 1.44 bits per heavy atom. The first-order valence-electron chi connectivity index (χ1n) is 5.13. The van der Waals surface area contributed by atoms with Crippen molar-refractivity contribution in [3.8, 4) is 11.8 Å².